The summed E-state index contributed by atoms with van der Waals surface area (Å²) < 4.78 is 4.93. The van der Waals surface area contributed by atoms with Gasteiger partial charge in [0.15, 0.2) is 0 Å². The van der Waals surface area contributed by atoms with Crippen LogP contribution in [0.3, 0.4) is 0 Å². The van der Waals surface area contributed by atoms with Gasteiger partial charge in [0.1, 0.15) is 6.10 Å². The molecule has 0 spiro atoms. The van der Waals surface area contributed by atoms with E-state index in [1.165, 1.54) is 0 Å². The summed E-state index contributed by atoms with van der Waals surface area (Å²) in [5.74, 6) is -0.114. The van der Waals surface area contributed by atoms with Crippen LogP contribution in [0.15, 0.2) is 0 Å². The highest BCUT2D eigenvalue weighted by molar-refractivity contribution is 5.81. The van der Waals surface area contributed by atoms with Gasteiger partial charge >= 0.3 is 0 Å². The first kappa shape index (κ1) is 8.49. The Bertz CT molecular complexity index is 143. The molecular formula is C7H13NO3. The fraction of sp³-hybridized carbons (Fsp3) is 0.857. The molecule has 1 heterocycles. The summed E-state index contributed by atoms with van der Waals surface area (Å²) in [6.45, 7) is 2.60. The van der Waals surface area contributed by atoms with Crippen molar-refractivity contribution in [3.05, 3.63) is 0 Å². The fourth-order valence-corrected chi connectivity index (χ4v) is 0.805. The first-order chi connectivity index (χ1) is 5.20. The number of amides is 1. The van der Waals surface area contributed by atoms with Crippen molar-refractivity contribution in [3.8, 4) is 0 Å². The summed E-state index contributed by atoms with van der Waals surface area (Å²) in [4.78, 5) is 11.0. The summed E-state index contributed by atoms with van der Waals surface area (Å²) in [5.41, 5.74) is 0. The van der Waals surface area contributed by atoms with E-state index in [0.29, 0.717) is 13.2 Å². The number of rotatable bonds is 3. The van der Waals surface area contributed by atoms with E-state index < -0.39 is 6.10 Å². The molecule has 0 bridgehead atoms. The Balaban J connectivity index is 2.10. The van der Waals surface area contributed by atoms with Gasteiger partial charge in [-0.25, -0.2) is 0 Å². The van der Waals surface area contributed by atoms with Crippen LogP contribution in [0.1, 0.15) is 13.3 Å². The van der Waals surface area contributed by atoms with Gasteiger partial charge in [-0.1, -0.05) is 0 Å². The van der Waals surface area contributed by atoms with E-state index in [1.807, 2.05) is 0 Å². The number of hydrogen-bond acceptors (Lipinski definition) is 3. The zero-order valence-electron chi connectivity index (χ0n) is 6.54. The quantitative estimate of drug-likeness (QED) is 0.571. The summed E-state index contributed by atoms with van der Waals surface area (Å²) in [7, 11) is 0. The van der Waals surface area contributed by atoms with Crippen LogP contribution in [0.2, 0.25) is 0 Å². The monoisotopic (exact) mass is 159 g/mol. The van der Waals surface area contributed by atoms with Crippen molar-refractivity contribution in [2.45, 2.75) is 25.6 Å². The Morgan fingerprint density at radius 3 is 2.91 bits per heavy atom. The summed E-state index contributed by atoms with van der Waals surface area (Å²) in [6.07, 6.45) is 0.0406. The van der Waals surface area contributed by atoms with E-state index in [2.05, 4.69) is 5.32 Å². The standard InChI is InChI=1S/C7H13NO3/c1-5(9)4-8-7(10)6-2-3-11-6/h5-6,9H,2-4H2,1H3,(H,8,10)/t5-,6?/m1/s1. The smallest absolute Gasteiger partial charge is 0.249 e. The average Bonchev–Trinajstić information content (AvgIpc) is 1.79. The van der Waals surface area contributed by atoms with Crippen LogP contribution in [-0.2, 0) is 9.53 Å². The van der Waals surface area contributed by atoms with E-state index >= 15 is 0 Å². The molecule has 1 fully saturated rings. The summed E-state index contributed by atoms with van der Waals surface area (Å²) in [5, 5.41) is 11.4. The molecule has 1 unspecified atom stereocenters. The fourth-order valence-electron chi connectivity index (χ4n) is 0.805. The highest BCUT2D eigenvalue weighted by Gasteiger charge is 2.25. The van der Waals surface area contributed by atoms with Crippen molar-refractivity contribution in [2.75, 3.05) is 13.2 Å². The van der Waals surface area contributed by atoms with Crippen molar-refractivity contribution in [1.82, 2.24) is 5.32 Å². The lowest BCUT2D eigenvalue weighted by atomic mass is 10.2. The molecule has 1 aliphatic rings. The molecule has 11 heavy (non-hydrogen) atoms. The van der Waals surface area contributed by atoms with Gasteiger partial charge in [-0.3, -0.25) is 4.79 Å². The lowest BCUT2D eigenvalue weighted by Gasteiger charge is -2.25. The Morgan fingerprint density at radius 1 is 1.91 bits per heavy atom. The molecular weight excluding hydrogens is 146 g/mol. The Hall–Kier alpha value is -0.610. The van der Waals surface area contributed by atoms with Crippen molar-refractivity contribution in [2.24, 2.45) is 0 Å². The molecule has 0 radical (unpaired) electrons. The molecule has 0 aromatic rings. The predicted molar refractivity (Wildman–Crippen MR) is 39.0 cm³/mol. The van der Waals surface area contributed by atoms with Crippen LogP contribution in [-0.4, -0.2) is 36.4 Å². The minimum absolute atomic E-state index is 0.114. The van der Waals surface area contributed by atoms with Crippen LogP contribution in [0, 0.1) is 0 Å². The maximum Gasteiger partial charge on any atom is 0.249 e. The van der Waals surface area contributed by atoms with E-state index in [9.17, 15) is 4.79 Å². The molecule has 1 rings (SSSR count). The van der Waals surface area contributed by atoms with Crippen LogP contribution >= 0.6 is 0 Å². The predicted octanol–water partition coefficient (Wildman–Crippen LogP) is -0.728. The second-order valence-corrected chi connectivity index (χ2v) is 2.74. The number of carbonyl (C=O) groups is 1. The first-order valence-corrected chi connectivity index (χ1v) is 3.77. The lowest BCUT2D eigenvalue weighted by Crippen LogP contribution is -2.44. The normalized spacial score (nSPS) is 25.5. The zero-order valence-corrected chi connectivity index (χ0v) is 6.54. The molecule has 0 saturated carbocycles. The average molecular weight is 159 g/mol. The van der Waals surface area contributed by atoms with Crippen molar-refractivity contribution in [3.63, 3.8) is 0 Å². The molecule has 64 valence electrons. The van der Waals surface area contributed by atoms with Gasteiger partial charge < -0.3 is 15.2 Å². The molecule has 4 heteroatoms. The molecule has 0 aliphatic carbocycles. The van der Waals surface area contributed by atoms with Gasteiger partial charge in [-0.15, -0.1) is 0 Å². The third-order valence-electron chi connectivity index (χ3n) is 1.56. The third-order valence-corrected chi connectivity index (χ3v) is 1.56. The highest BCUT2D eigenvalue weighted by atomic mass is 16.5. The van der Waals surface area contributed by atoms with Crippen molar-refractivity contribution >= 4 is 5.91 Å². The second-order valence-electron chi connectivity index (χ2n) is 2.74. The van der Waals surface area contributed by atoms with E-state index in [1.54, 1.807) is 6.92 Å². The summed E-state index contributed by atoms with van der Waals surface area (Å²) >= 11 is 0. The van der Waals surface area contributed by atoms with Gasteiger partial charge in [0.05, 0.1) is 12.7 Å². The third kappa shape index (κ3) is 2.48. The molecule has 1 amide bonds. The molecule has 2 N–H and O–H groups in total. The van der Waals surface area contributed by atoms with E-state index in [0.717, 1.165) is 6.42 Å². The minimum Gasteiger partial charge on any atom is -0.392 e. The van der Waals surface area contributed by atoms with Gasteiger partial charge in [0.25, 0.3) is 0 Å². The number of aliphatic hydroxyl groups is 1. The molecule has 4 nitrogen and oxygen atoms in total. The minimum atomic E-state index is -0.487. The largest absolute Gasteiger partial charge is 0.392 e. The Labute approximate surface area is 65.5 Å². The molecule has 0 aromatic carbocycles. The van der Waals surface area contributed by atoms with E-state index in [4.69, 9.17) is 9.84 Å². The molecule has 0 aromatic heterocycles. The first-order valence-electron chi connectivity index (χ1n) is 3.77. The van der Waals surface area contributed by atoms with Crippen LogP contribution < -0.4 is 5.32 Å². The molecule has 2 atom stereocenters. The van der Waals surface area contributed by atoms with Gasteiger partial charge in [0.2, 0.25) is 5.91 Å². The number of aliphatic hydroxyl groups excluding tert-OH is 1. The van der Waals surface area contributed by atoms with E-state index in [-0.39, 0.29) is 12.0 Å². The maximum absolute atomic E-state index is 11.0. The maximum atomic E-state index is 11.0. The second kappa shape index (κ2) is 3.69. The molecule has 1 saturated heterocycles. The Kier molecular flexibility index (Phi) is 2.84. The van der Waals surface area contributed by atoms with Crippen LogP contribution in [0.25, 0.3) is 0 Å². The van der Waals surface area contributed by atoms with Crippen LogP contribution in [0.5, 0.6) is 0 Å². The lowest BCUT2D eigenvalue weighted by molar-refractivity contribution is -0.145. The number of nitrogens with one attached hydrogen (secondary N) is 1. The highest BCUT2D eigenvalue weighted by Crippen LogP contribution is 2.09. The van der Waals surface area contributed by atoms with Gasteiger partial charge in [-0.2, -0.15) is 0 Å². The topological polar surface area (TPSA) is 58.6 Å². The summed E-state index contributed by atoms with van der Waals surface area (Å²) in [6, 6.07) is 0. The van der Waals surface area contributed by atoms with Crippen LogP contribution in [0.4, 0.5) is 0 Å². The van der Waals surface area contributed by atoms with Crippen molar-refractivity contribution < 1.29 is 14.6 Å². The number of carbonyl (C=O) groups excluding carboxylic acids is 1. The number of ether oxygens (including phenoxy) is 1. The Morgan fingerprint density at radius 2 is 2.55 bits per heavy atom. The molecule has 1 aliphatic heterocycles. The van der Waals surface area contributed by atoms with Gasteiger partial charge in [0, 0.05) is 13.0 Å². The van der Waals surface area contributed by atoms with Gasteiger partial charge in [-0.05, 0) is 6.92 Å². The number of hydrogen-bond donors (Lipinski definition) is 2. The SMILES string of the molecule is C[C@@H](O)CNC(=O)C1CCO1. The zero-order chi connectivity index (χ0) is 8.27. The van der Waals surface area contributed by atoms with Crippen molar-refractivity contribution in [1.29, 1.82) is 0 Å².